The Morgan fingerprint density at radius 3 is 3.19 bits per heavy atom. The van der Waals surface area contributed by atoms with Gasteiger partial charge in [0, 0.05) is 18.6 Å². The van der Waals surface area contributed by atoms with Gasteiger partial charge in [-0.25, -0.2) is 4.68 Å². The Bertz CT molecular complexity index is 346. The van der Waals surface area contributed by atoms with Gasteiger partial charge < -0.3 is 9.54 Å². The zero-order valence-electron chi connectivity index (χ0n) is 9.04. The number of nitrogens with zero attached hydrogens (tertiary/aromatic N) is 2. The Labute approximate surface area is 94.9 Å². The van der Waals surface area contributed by atoms with Crippen molar-refractivity contribution in [2.75, 3.05) is 13.2 Å². The van der Waals surface area contributed by atoms with E-state index >= 15 is 0 Å². The molecule has 0 N–H and O–H groups in total. The molecule has 0 bridgehead atoms. The molecule has 0 aromatic carbocycles. The monoisotopic (exact) mass is 221 g/mol. The lowest BCUT2D eigenvalue weighted by atomic mass is 9.78. The van der Waals surface area contributed by atoms with Crippen molar-refractivity contribution in [3.8, 4) is 0 Å². The summed E-state index contributed by atoms with van der Waals surface area (Å²) in [5.74, 6) is 0.192. The van der Waals surface area contributed by atoms with Crippen LogP contribution in [0.1, 0.15) is 36.9 Å². The van der Waals surface area contributed by atoms with E-state index in [9.17, 15) is 0 Å². The van der Waals surface area contributed by atoms with Crippen LogP contribution in [0, 0.1) is 0 Å². The fourth-order valence-electron chi connectivity index (χ4n) is 2.07. The summed E-state index contributed by atoms with van der Waals surface area (Å²) in [7, 11) is 1.70. The molecule has 2 aliphatic rings. The molecular formula is C10H14BN2O3. The van der Waals surface area contributed by atoms with Gasteiger partial charge in [-0.3, -0.25) is 4.89 Å². The lowest BCUT2D eigenvalue weighted by Crippen LogP contribution is -2.18. The largest absolute Gasteiger partial charge is 0.357 e. The highest BCUT2D eigenvalue weighted by atomic mass is 17.2. The van der Waals surface area contributed by atoms with Gasteiger partial charge in [0.2, 0.25) is 0 Å². The van der Waals surface area contributed by atoms with Crippen LogP contribution in [0.15, 0.2) is 12.4 Å². The van der Waals surface area contributed by atoms with Crippen molar-refractivity contribution >= 4 is 7.48 Å². The molecule has 2 fully saturated rings. The van der Waals surface area contributed by atoms with Crippen molar-refractivity contribution in [2.45, 2.75) is 31.3 Å². The van der Waals surface area contributed by atoms with Crippen LogP contribution in [0.3, 0.4) is 0 Å². The van der Waals surface area contributed by atoms with E-state index in [-0.39, 0.29) is 12.0 Å². The van der Waals surface area contributed by atoms with E-state index in [1.54, 1.807) is 7.48 Å². The Kier molecular flexibility index (Phi) is 2.95. The molecule has 3 rings (SSSR count). The Balaban J connectivity index is 1.71. The normalized spacial score (nSPS) is 30.2. The molecule has 3 heterocycles. The third-order valence-corrected chi connectivity index (χ3v) is 3.04. The SMILES string of the molecule is [B]1OOCC1c1cnn(C2CCCCO2)c1. The highest BCUT2D eigenvalue weighted by Gasteiger charge is 2.25. The van der Waals surface area contributed by atoms with Crippen LogP contribution in [0.5, 0.6) is 0 Å². The molecule has 0 spiro atoms. The second-order valence-corrected chi connectivity index (χ2v) is 4.20. The molecular weight excluding hydrogens is 207 g/mol. The number of aromatic nitrogens is 2. The first-order chi connectivity index (χ1) is 7.93. The van der Waals surface area contributed by atoms with Gasteiger partial charge >= 0.3 is 7.48 Å². The zero-order valence-corrected chi connectivity index (χ0v) is 9.04. The molecule has 1 aromatic rings. The summed E-state index contributed by atoms with van der Waals surface area (Å²) in [6.45, 7) is 1.40. The van der Waals surface area contributed by atoms with Crippen LogP contribution in [0.2, 0.25) is 0 Å². The van der Waals surface area contributed by atoms with Crippen LogP contribution in [0.25, 0.3) is 0 Å². The highest BCUT2D eigenvalue weighted by Crippen LogP contribution is 2.25. The van der Waals surface area contributed by atoms with Crippen molar-refractivity contribution in [1.29, 1.82) is 0 Å². The first kappa shape index (κ1) is 10.3. The molecule has 2 atom stereocenters. The average Bonchev–Trinajstić information content (AvgIpc) is 3.01. The van der Waals surface area contributed by atoms with E-state index < -0.39 is 0 Å². The van der Waals surface area contributed by atoms with Gasteiger partial charge in [-0.05, 0) is 24.8 Å². The second kappa shape index (κ2) is 4.57. The average molecular weight is 221 g/mol. The van der Waals surface area contributed by atoms with Gasteiger partial charge in [-0.15, -0.1) is 0 Å². The summed E-state index contributed by atoms with van der Waals surface area (Å²) < 4.78 is 7.57. The van der Waals surface area contributed by atoms with Crippen molar-refractivity contribution in [3.05, 3.63) is 18.0 Å². The summed E-state index contributed by atoms with van der Waals surface area (Å²) in [6, 6.07) is 0. The summed E-state index contributed by atoms with van der Waals surface area (Å²) in [5, 5.41) is 4.35. The lowest BCUT2D eigenvalue weighted by Gasteiger charge is -2.22. The Morgan fingerprint density at radius 1 is 1.44 bits per heavy atom. The molecule has 1 aromatic heterocycles. The molecule has 0 aliphatic carbocycles. The number of ether oxygens (including phenoxy) is 1. The summed E-state index contributed by atoms with van der Waals surface area (Å²) >= 11 is 0. The fraction of sp³-hybridized carbons (Fsp3) is 0.700. The van der Waals surface area contributed by atoms with Crippen LogP contribution >= 0.6 is 0 Å². The van der Waals surface area contributed by atoms with E-state index in [2.05, 4.69) is 5.10 Å². The smallest absolute Gasteiger partial charge is 0.354 e. The van der Waals surface area contributed by atoms with Crippen LogP contribution in [-0.4, -0.2) is 30.5 Å². The van der Waals surface area contributed by atoms with Gasteiger partial charge in [0.1, 0.15) is 6.23 Å². The van der Waals surface area contributed by atoms with Crippen molar-refractivity contribution < 1.29 is 14.4 Å². The van der Waals surface area contributed by atoms with E-state index in [4.69, 9.17) is 14.4 Å². The van der Waals surface area contributed by atoms with Crippen LogP contribution < -0.4 is 0 Å². The molecule has 6 heteroatoms. The van der Waals surface area contributed by atoms with Gasteiger partial charge in [-0.1, -0.05) is 0 Å². The van der Waals surface area contributed by atoms with E-state index in [0.717, 1.165) is 25.0 Å². The molecule has 85 valence electrons. The van der Waals surface area contributed by atoms with Crippen LogP contribution in [-0.2, 0) is 14.4 Å². The second-order valence-electron chi connectivity index (χ2n) is 4.20. The van der Waals surface area contributed by atoms with Gasteiger partial charge in [0.25, 0.3) is 0 Å². The van der Waals surface area contributed by atoms with Crippen molar-refractivity contribution in [1.82, 2.24) is 9.78 Å². The number of hydrogen-bond donors (Lipinski definition) is 0. The first-order valence-corrected chi connectivity index (χ1v) is 5.71. The molecule has 2 aliphatic heterocycles. The third kappa shape index (κ3) is 2.00. The fourth-order valence-corrected chi connectivity index (χ4v) is 2.07. The number of rotatable bonds is 2. The summed E-state index contributed by atoms with van der Waals surface area (Å²) in [5.41, 5.74) is 1.12. The molecule has 0 saturated carbocycles. The minimum Gasteiger partial charge on any atom is -0.357 e. The van der Waals surface area contributed by atoms with E-state index in [1.807, 2.05) is 17.1 Å². The van der Waals surface area contributed by atoms with Gasteiger partial charge in [-0.2, -0.15) is 5.10 Å². The van der Waals surface area contributed by atoms with Gasteiger partial charge in [0.15, 0.2) is 0 Å². The van der Waals surface area contributed by atoms with Gasteiger partial charge in [0.05, 0.1) is 12.8 Å². The van der Waals surface area contributed by atoms with Crippen LogP contribution in [0.4, 0.5) is 0 Å². The molecule has 5 nitrogen and oxygen atoms in total. The van der Waals surface area contributed by atoms with Crippen molar-refractivity contribution in [2.24, 2.45) is 0 Å². The minimum absolute atomic E-state index is 0.103. The quantitative estimate of drug-likeness (QED) is 0.556. The summed E-state index contributed by atoms with van der Waals surface area (Å²) in [4.78, 5) is 9.62. The predicted molar refractivity (Wildman–Crippen MR) is 56.6 cm³/mol. The maximum Gasteiger partial charge on any atom is 0.354 e. The van der Waals surface area contributed by atoms with E-state index in [0.29, 0.717) is 6.61 Å². The van der Waals surface area contributed by atoms with E-state index in [1.165, 1.54) is 6.42 Å². The lowest BCUT2D eigenvalue weighted by molar-refractivity contribution is -0.183. The summed E-state index contributed by atoms with van der Waals surface area (Å²) in [6.07, 6.45) is 7.39. The zero-order chi connectivity index (χ0) is 10.8. The first-order valence-electron chi connectivity index (χ1n) is 5.71. The molecule has 2 unspecified atom stereocenters. The predicted octanol–water partition coefficient (Wildman–Crippen LogP) is 1.20. The maximum absolute atomic E-state index is 5.67. The highest BCUT2D eigenvalue weighted by molar-refractivity contribution is 6.30. The minimum atomic E-state index is 0.103. The Morgan fingerprint density at radius 2 is 2.44 bits per heavy atom. The maximum atomic E-state index is 5.67. The molecule has 1 radical (unpaired) electrons. The molecule has 16 heavy (non-hydrogen) atoms. The Hall–Kier alpha value is -0.845. The van der Waals surface area contributed by atoms with Crippen molar-refractivity contribution in [3.63, 3.8) is 0 Å². The third-order valence-electron chi connectivity index (χ3n) is 3.04. The molecule has 2 saturated heterocycles. The topological polar surface area (TPSA) is 45.5 Å². The molecule has 0 amide bonds. The number of hydrogen-bond acceptors (Lipinski definition) is 4. The standard InChI is InChI=1S/C10H14BN2O3/c1-2-4-14-10(3-1)13-6-8(5-12-13)9-7-15-16-11-9/h5-6,9-10H,1-4,7H2.